The Kier molecular flexibility index (Phi) is 1.24. The van der Waals surface area contributed by atoms with E-state index in [1.807, 2.05) is 0 Å². The molecular weight excluding hydrogens is 112 g/mol. The summed E-state index contributed by atoms with van der Waals surface area (Å²) in [5, 5.41) is 0. The van der Waals surface area contributed by atoms with E-state index in [1.165, 1.54) is 19.4 Å². The second kappa shape index (κ2) is 1.96. The van der Waals surface area contributed by atoms with Crippen LogP contribution in [0.2, 0.25) is 0 Å². The molecule has 2 heteroatoms. The Bertz CT molecular complexity index is 103. The molecule has 0 unspecified atom stereocenters. The van der Waals surface area contributed by atoms with Crippen LogP contribution in [0.15, 0.2) is 0 Å². The molecule has 2 nitrogen and oxygen atoms in total. The number of nitrogens with two attached hydrogens (primary N) is 1. The summed E-state index contributed by atoms with van der Waals surface area (Å²) in [4.78, 5) is 2.46. The van der Waals surface area contributed by atoms with Crippen LogP contribution in [0, 0.1) is 5.92 Å². The third-order valence-electron chi connectivity index (χ3n) is 2.20. The van der Waals surface area contributed by atoms with Crippen molar-refractivity contribution in [2.24, 2.45) is 11.7 Å². The summed E-state index contributed by atoms with van der Waals surface area (Å²) in [5.41, 5.74) is 5.62. The average Bonchev–Trinajstić information content (AvgIpc) is 2.45. The van der Waals surface area contributed by atoms with E-state index in [9.17, 15) is 0 Å². The quantitative estimate of drug-likeness (QED) is 0.566. The van der Waals surface area contributed by atoms with E-state index in [-0.39, 0.29) is 0 Å². The van der Waals surface area contributed by atoms with Gasteiger partial charge in [0.25, 0.3) is 0 Å². The van der Waals surface area contributed by atoms with E-state index in [1.54, 1.807) is 0 Å². The first-order valence-corrected chi connectivity index (χ1v) is 3.82. The monoisotopic (exact) mass is 126 g/mol. The Morgan fingerprint density at radius 2 is 2.00 bits per heavy atom. The first-order valence-electron chi connectivity index (χ1n) is 3.82. The molecule has 2 rings (SSSR count). The molecule has 0 spiro atoms. The lowest BCUT2D eigenvalue weighted by Crippen LogP contribution is -2.56. The SMILES string of the molecule is NC1CN(CC2CC2)C1. The summed E-state index contributed by atoms with van der Waals surface area (Å²) in [5.74, 6) is 1.04. The minimum Gasteiger partial charge on any atom is -0.325 e. The van der Waals surface area contributed by atoms with Gasteiger partial charge in [0.1, 0.15) is 0 Å². The first-order chi connectivity index (χ1) is 4.34. The lowest BCUT2D eigenvalue weighted by molar-refractivity contribution is 0.144. The van der Waals surface area contributed by atoms with Crippen LogP contribution in [0.3, 0.4) is 0 Å². The van der Waals surface area contributed by atoms with Crippen molar-refractivity contribution in [3.8, 4) is 0 Å². The molecule has 0 aromatic heterocycles. The average molecular weight is 126 g/mol. The van der Waals surface area contributed by atoms with Gasteiger partial charge in [-0.25, -0.2) is 0 Å². The fourth-order valence-corrected chi connectivity index (χ4v) is 1.42. The number of rotatable bonds is 2. The fourth-order valence-electron chi connectivity index (χ4n) is 1.42. The third kappa shape index (κ3) is 1.25. The van der Waals surface area contributed by atoms with E-state index >= 15 is 0 Å². The van der Waals surface area contributed by atoms with Crippen LogP contribution >= 0.6 is 0 Å². The topological polar surface area (TPSA) is 29.3 Å². The molecule has 2 fully saturated rings. The number of hydrogen-bond acceptors (Lipinski definition) is 2. The summed E-state index contributed by atoms with van der Waals surface area (Å²) in [6, 6.07) is 0.490. The maximum atomic E-state index is 5.62. The van der Waals surface area contributed by atoms with Crippen LogP contribution in [0.1, 0.15) is 12.8 Å². The Morgan fingerprint density at radius 1 is 1.33 bits per heavy atom. The minimum absolute atomic E-state index is 0.490. The summed E-state index contributed by atoms with van der Waals surface area (Å²) in [7, 11) is 0. The Balaban J connectivity index is 1.64. The van der Waals surface area contributed by atoms with E-state index in [0.29, 0.717) is 6.04 Å². The van der Waals surface area contributed by atoms with Gasteiger partial charge >= 0.3 is 0 Å². The molecule has 1 heterocycles. The van der Waals surface area contributed by atoms with E-state index in [2.05, 4.69) is 4.90 Å². The number of likely N-dealkylation sites (tertiary alicyclic amines) is 1. The summed E-state index contributed by atoms with van der Waals surface area (Å²) >= 11 is 0. The molecule has 0 aromatic rings. The van der Waals surface area contributed by atoms with Crippen LogP contribution in [0.4, 0.5) is 0 Å². The molecule has 9 heavy (non-hydrogen) atoms. The van der Waals surface area contributed by atoms with Gasteiger partial charge in [0.05, 0.1) is 0 Å². The molecule has 2 aliphatic rings. The third-order valence-corrected chi connectivity index (χ3v) is 2.20. The van der Waals surface area contributed by atoms with E-state index < -0.39 is 0 Å². The highest BCUT2D eigenvalue weighted by molar-refractivity contribution is 4.87. The predicted molar refractivity (Wildman–Crippen MR) is 37.1 cm³/mol. The van der Waals surface area contributed by atoms with Gasteiger partial charge in [-0.2, -0.15) is 0 Å². The molecule has 52 valence electrons. The van der Waals surface area contributed by atoms with Gasteiger partial charge in [0, 0.05) is 25.7 Å². The van der Waals surface area contributed by atoms with Crippen molar-refractivity contribution in [3.63, 3.8) is 0 Å². The van der Waals surface area contributed by atoms with Gasteiger partial charge in [-0.1, -0.05) is 0 Å². The Labute approximate surface area is 56.0 Å². The maximum Gasteiger partial charge on any atom is 0.0297 e. The van der Waals surface area contributed by atoms with Crippen LogP contribution in [-0.2, 0) is 0 Å². The standard InChI is InChI=1S/C7H14N2/c8-7-4-9(5-7)3-6-1-2-6/h6-7H,1-5,8H2. The van der Waals surface area contributed by atoms with Crippen molar-refractivity contribution < 1.29 is 0 Å². The number of hydrogen-bond donors (Lipinski definition) is 1. The highest BCUT2D eigenvalue weighted by atomic mass is 15.2. The van der Waals surface area contributed by atoms with Gasteiger partial charge in [0.2, 0.25) is 0 Å². The van der Waals surface area contributed by atoms with Gasteiger partial charge < -0.3 is 5.73 Å². The van der Waals surface area contributed by atoms with Gasteiger partial charge in [0.15, 0.2) is 0 Å². The first kappa shape index (κ1) is 5.69. The van der Waals surface area contributed by atoms with Gasteiger partial charge in [-0.05, 0) is 18.8 Å². The highest BCUT2D eigenvalue weighted by Crippen LogP contribution is 2.30. The second-order valence-corrected chi connectivity index (χ2v) is 3.42. The van der Waals surface area contributed by atoms with Crippen LogP contribution in [0.25, 0.3) is 0 Å². The molecule has 0 radical (unpaired) electrons. The zero-order valence-electron chi connectivity index (χ0n) is 5.71. The van der Waals surface area contributed by atoms with Crippen molar-refractivity contribution in [2.75, 3.05) is 19.6 Å². The normalized spacial score (nSPS) is 30.3. The lowest BCUT2D eigenvalue weighted by Gasteiger charge is -2.36. The molecule has 1 saturated carbocycles. The molecule has 1 aliphatic heterocycles. The maximum absolute atomic E-state index is 5.62. The number of nitrogens with zero attached hydrogens (tertiary/aromatic N) is 1. The molecule has 0 atom stereocenters. The minimum atomic E-state index is 0.490. The molecule has 0 bridgehead atoms. The Morgan fingerprint density at radius 3 is 2.44 bits per heavy atom. The second-order valence-electron chi connectivity index (χ2n) is 3.42. The summed E-state index contributed by atoms with van der Waals surface area (Å²) in [6.07, 6.45) is 2.93. The van der Waals surface area contributed by atoms with Gasteiger partial charge in [-0.3, -0.25) is 4.90 Å². The van der Waals surface area contributed by atoms with Crippen molar-refractivity contribution in [1.82, 2.24) is 4.90 Å². The smallest absolute Gasteiger partial charge is 0.0297 e. The molecule has 0 amide bonds. The fraction of sp³-hybridized carbons (Fsp3) is 1.00. The van der Waals surface area contributed by atoms with Crippen molar-refractivity contribution in [2.45, 2.75) is 18.9 Å². The van der Waals surface area contributed by atoms with E-state index in [0.717, 1.165) is 19.0 Å². The lowest BCUT2D eigenvalue weighted by atomic mass is 10.1. The largest absolute Gasteiger partial charge is 0.325 e. The van der Waals surface area contributed by atoms with Crippen LogP contribution in [0.5, 0.6) is 0 Å². The van der Waals surface area contributed by atoms with Crippen molar-refractivity contribution >= 4 is 0 Å². The van der Waals surface area contributed by atoms with E-state index in [4.69, 9.17) is 5.73 Å². The van der Waals surface area contributed by atoms with Crippen molar-refractivity contribution in [1.29, 1.82) is 0 Å². The van der Waals surface area contributed by atoms with Crippen LogP contribution < -0.4 is 5.73 Å². The molecule has 0 aromatic carbocycles. The molecular formula is C7H14N2. The van der Waals surface area contributed by atoms with Crippen LogP contribution in [-0.4, -0.2) is 30.6 Å². The zero-order valence-corrected chi connectivity index (χ0v) is 5.71. The van der Waals surface area contributed by atoms with Gasteiger partial charge in [-0.15, -0.1) is 0 Å². The molecule has 1 saturated heterocycles. The summed E-state index contributed by atoms with van der Waals surface area (Å²) < 4.78 is 0. The van der Waals surface area contributed by atoms with Crippen molar-refractivity contribution in [3.05, 3.63) is 0 Å². The predicted octanol–water partition coefficient (Wildman–Crippen LogP) is 0.0393. The Hall–Kier alpha value is -0.0800. The highest BCUT2D eigenvalue weighted by Gasteiger charge is 2.29. The molecule has 2 N–H and O–H groups in total. The molecule has 1 aliphatic carbocycles. The zero-order chi connectivity index (χ0) is 6.27. The summed E-state index contributed by atoms with van der Waals surface area (Å²) in [6.45, 7) is 3.63.